The van der Waals surface area contributed by atoms with E-state index in [-0.39, 0.29) is 5.91 Å². The van der Waals surface area contributed by atoms with Gasteiger partial charge in [-0.3, -0.25) is 4.79 Å². The highest BCUT2D eigenvalue weighted by Gasteiger charge is 2.19. The summed E-state index contributed by atoms with van der Waals surface area (Å²) in [5.74, 6) is -0.179. The number of hydrogen-bond donors (Lipinski definition) is 2. The molecule has 20 heavy (non-hydrogen) atoms. The molecule has 0 aliphatic rings. The Balaban J connectivity index is 2.02. The third-order valence-electron chi connectivity index (χ3n) is 3.08. The van der Waals surface area contributed by atoms with Crippen LogP contribution in [0, 0.1) is 0 Å². The maximum absolute atomic E-state index is 12.2. The number of carbonyl (C=O) groups excluding carboxylic acids is 1. The minimum absolute atomic E-state index is 0.179. The normalized spacial score (nSPS) is 11.8. The van der Waals surface area contributed by atoms with Crippen LogP contribution in [0.3, 0.4) is 0 Å². The largest absolute Gasteiger partial charge is 0.398 e. The van der Waals surface area contributed by atoms with Crippen LogP contribution in [0.1, 0.15) is 17.2 Å². The molecule has 4 nitrogen and oxygen atoms in total. The van der Waals surface area contributed by atoms with E-state index in [9.17, 15) is 4.79 Å². The summed E-state index contributed by atoms with van der Waals surface area (Å²) in [6, 6.07) is 16.8. The van der Waals surface area contributed by atoms with Gasteiger partial charge in [-0.05, 0) is 17.2 Å². The van der Waals surface area contributed by atoms with Gasteiger partial charge in [-0.25, -0.2) is 0 Å². The predicted octanol–water partition coefficient (Wildman–Crippen LogP) is 2.27. The summed E-state index contributed by atoms with van der Waals surface area (Å²) in [6.07, 6.45) is -0.610. The number of hydrogen-bond acceptors (Lipinski definition) is 3. The van der Waals surface area contributed by atoms with E-state index in [1.165, 1.54) is 7.11 Å². The summed E-state index contributed by atoms with van der Waals surface area (Å²) >= 11 is 0. The molecule has 2 rings (SSSR count). The topological polar surface area (TPSA) is 64.3 Å². The first-order chi connectivity index (χ1) is 9.72. The smallest absolute Gasteiger partial charge is 0.254 e. The first-order valence-corrected chi connectivity index (χ1v) is 6.41. The van der Waals surface area contributed by atoms with Gasteiger partial charge in [0.1, 0.15) is 0 Å². The summed E-state index contributed by atoms with van der Waals surface area (Å²) in [7, 11) is 1.52. The first-order valence-electron chi connectivity index (χ1n) is 6.41. The Labute approximate surface area is 118 Å². The Bertz CT molecular complexity index is 570. The average molecular weight is 270 g/mol. The first kappa shape index (κ1) is 14.1. The van der Waals surface area contributed by atoms with Crippen LogP contribution in [0.4, 0.5) is 5.69 Å². The highest BCUT2D eigenvalue weighted by molar-refractivity contribution is 5.82. The fraction of sp³-hybridized carbons (Fsp3) is 0.188. The van der Waals surface area contributed by atoms with Gasteiger partial charge in [0.05, 0.1) is 0 Å². The van der Waals surface area contributed by atoms with Gasteiger partial charge in [0, 0.05) is 19.3 Å². The van der Waals surface area contributed by atoms with Crippen molar-refractivity contribution in [1.29, 1.82) is 0 Å². The maximum Gasteiger partial charge on any atom is 0.254 e. The van der Waals surface area contributed by atoms with Crippen LogP contribution in [-0.4, -0.2) is 13.0 Å². The molecule has 0 radical (unpaired) electrons. The molecule has 104 valence electrons. The molecule has 0 fully saturated rings. The zero-order valence-corrected chi connectivity index (χ0v) is 11.4. The van der Waals surface area contributed by atoms with Crippen LogP contribution in [0.5, 0.6) is 0 Å². The van der Waals surface area contributed by atoms with E-state index < -0.39 is 6.10 Å². The van der Waals surface area contributed by atoms with Crippen LogP contribution in [0.2, 0.25) is 0 Å². The summed E-state index contributed by atoms with van der Waals surface area (Å²) in [5.41, 5.74) is 8.23. The predicted molar refractivity (Wildman–Crippen MR) is 78.9 cm³/mol. The Morgan fingerprint density at radius 3 is 2.45 bits per heavy atom. The van der Waals surface area contributed by atoms with E-state index in [0.29, 0.717) is 12.2 Å². The summed E-state index contributed by atoms with van der Waals surface area (Å²) in [5, 5.41) is 2.85. The Morgan fingerprint density at radius 1 is 1.15 bits per heavy atom. The number of nitrogens with two attached hydrogens (primary N) is 1. The van der Waals surface area contributed by atoms with Gasteiger partial charge in [0.2, 0.25) is 0 Å². The molecule has 0 bridgehead atoms. The third kappa shape index (κ3) is 3.36. The molecule has 4 heteroatoms. The molecule has 1 unspecified atom stereocenters. The monoisotopic (exact) mass is 270 g/mol. The van der Waals surface area contributed by atoms with Crippen molar-refractivity contribution < 1.29 is 9.53 Å². The molecular formula is C16H18N2O2. The average Bonchev–Trinajstić information content (AvgIpc) is 2.48. The number of nitrogen functional groups attached to an aromatic ring is 1. The lowest BCUT2D eigenvalue weighted by molar-refractivity contribution is -0.131. The van der Waals surface area contributed by atoms with Crippen molar-refractivity contribution in [2.75, 3.05) is 12.8 Å². The van der Waals surface area contributed by atoms with E-state index in [4.69, 9.17) is 10.5 Å². The minimum atomic E-state index is -0.610. The molecule has 0 saturated carbocycles. The molecule has 2 aromatic rings. The third-order valence-corrected chi connectivity index (χ3v) is 3.08. The van der Waals surface area contributed by atoms with Crippen molar-refractivity contribution in [3.63, 3.8) is 0 Å². The van der Waals surface area contributed by atoms with Crippen LogP contribution >= 0.6 is 0 Å². The van der Waals surface area contributed by atoms with Crippen molar-refractivity contribution >= 4 is 11.6 Å². The van der Waals surface area contributed by atoms with Crippen LogP contribution < -0.4 is 11.1 Å². The van der Waals surface area contributed by atoms with E-state index in [1.54, 1.807) is 0 Å². The van der Waals surface area contributed by atoms with Gasteiger partial charge < -0.3 is 15.8 Å². The Kier molecular flexibility index (Phi) is 4.74. The fourth-order valence-corrected chi connectivity index (χ4v) is 1.99. The van der Waals surface area contributed by atoms with Crippen LogP contribution in [0.15, 0.2) is 54.6 Å². The number of para-hydroxylation sites is 1. The van der Waals surface area contributed by atoms with Gasteiger partial charge in [-0.1, -0.05) is 48.5 Å². The molecule has 0 spiro atoms. The second-order valence-electron chi connectivity index (χ2n) is 4.44. The number of carbonyl (C=O) groups is 1. The van der Waals surface area contributed by atoms with Crippen molar-refractivity contribution in [3.8, 4) is 0 Å². The molecule has 0 aliphatic carbocycles. The van der Waals surface area contributed by atoms with Crippen molar-refractivity contribution in [2.45, 2.75) is 12.6 Å². The molecule has 3 N–H and O–H groups in total. The second-order valence-corrected chi connectivity index (χ2v) is 4.44. The van der Waals surface area contributed by atoms with E-state index >= 15 is 0 Å². The molecule has 0 aromatic heterocycles. The summed E-state index contributed by atoms with van der Waals surface area (Å²) < 4.78 is 5.27. The molecule has 1 atom stereocenters. The molecule has 1 amide bonds. The van der Waals surface area contributed by atoms with Crippen LogP contribution in [0.25, 0.3) is 0 Å². The SMILES string of the molecule is COC(C(=O)NCc1ccccc1N)c1ccccc1. The zero-order valence-electron chi connectivity index (χ0n) is 11.4. The molecule has 2 aromatic carbocycles. The van der Waals surface area contributed by atoms with Crippen molar-refractivity contribution in [1.82, 2.24) is 5.32 Å². The van der Waals surface area contributed by atoms with E-state index in [0.717, 1.165) is 11.1 Å². The van der Waals surface area contributed by atoms with E-state index in [1.807, 2.05) is 54.6 Å². The lowest BCUT2D eigenvalue weighted by Gasteiger charge is -2.16. The number of benzene rings is 2. The number of amides is 1. The molecule has 0 saturated heterocycles. The van der Waals surface area contributed by atoms with Crippen LogP contribution in [-0.2, 0) is 16.1 Å². The van der Waals surface area contributed by atoms with Gasteiger partial charge in [0.15, 0.2) is 6.10 Å². The summed E-state index contributed by atoms with van der Waals surface area (Å²) in [6.45, 7) is 0.387. The fourth-order valence-electron chi connectivity index (χ4n) is 1.99. The Morgan fingerprint density at radius 2 is 1.80 bits per heavy atom. The van der Waals surface area contributed by atoms with E-state index in [2.05, 4.69) is 5.32 Å². The number of ether oxygens (including phenoxy) is 1. The lowest BCUT2D eigenvalue weighted by atomic mass is 10.1. The number of methoxy groups -OCH3 is 1. The number of anilines is 1. The minimum Gasteiger partial charge on any atom is -0.398 e. The zero-order chi connectivity index (χ0) is 14.4. The standard InChI is InChI=1S/C16H18N2O2/c1-20-15(12-7-3-2-4-8-12)16(19)18-11-13-9-5-6-10-14(13)17/h2-10,15H,11,17H2,1H3,(H,18,19). The number of rotatable bonds is 5. The highest BCUT2D eigenvalue weighted by Crippen LogP contribution is 2.17. The lowest BCUT2D eigenvalue weighted by Crippen LogP contribution is -2.30. The van der Waals surface area contributed by atoms with Crippen molar-refractivity contribution in [2.24, 2.45) is 0 Å². The van der Waals surface area contributed by atoms with Gasteiger partial charge in [-0.15, -0.1) is 0 Å². The quantitative estimate of drug-likeness (QED) is 0.819. The van der Waals surface area contributed by atoms with Gasteiger partial charge in [-0.2, -0.15) is 0 Å². The molecular weight excluding hydrogens is 252 g/mol. The molecule has 0 aliphatic heterocycles. The molecule has 0 heterocycles. The van der Waals surface area contributed by atoms with Gasteiger partial charge >= 0.3 is 0 Å². The summed E-state index contributed by atoms with van der Waals surface area (Å²) in [4.78, 5) is 12.2. The maximum atomic E-state index is 12.2. The Hall–Kier alpha value is -2.33. The highest BCUT2D eigenvalue weighted by atomic mass is 16.5. The van der Waals surface area contributed by atoms with Crippen molar-refractivity contribution in [3.05, 3.63) is 65.7 Å². The number of nitrogens with one attached hydrogen (secondary N) is 1. The second kappa shape index (κ2) is 6.73. The van der Waals surface area contributed by atoms with Gasteiger partial charge in [0.25, 0.3) is 5.91 Å².